The molecule has 0 bridgehead atoms. The van der Waals surface area contributed by atoms with Crippen molar-refractivity contribution in [3.63, 3.8) is 0 Å². The van der Waals surface area contributed by atoms with Gasteiger partial charge < -0.3 is 5.11 Å². The number of aromatic carboxylic acids is 1. The van der Waals surface area contributed by atoms with Gasteiger partial charge in [-0.15, -0.1) is 11.3 Å². The number of rotatable bonds is 1. The predicted molar refractivity (Wildman–Crippen MR) is 53.5 cm³/mol. The van der Waals surface area contributed by atoms with Gasteiger partial charge in [0.15, 0.2) is 5.82 Å². The first kappa shape index (κ1) is 9.15. The van der Waals surface area contributed by atoms with E-state index in [9.17, 15) is 9.18 Å². The summed E-state index contributed by atoms with van der Waals surface area (Å²) in [5.41, 5.74) is 0.922. The molecule has 0 amide bonds. The maximum absolute atomic E-state index is 13.5. The second kappa shape index (κ2) is 3.06. The number of carbonyl (C=O) groups is 1. The van der Waals surface area contributed by atoms with E-state index in [4.69, 9.17) is 5.11 Å². The Balaban J connectivity index is 2.80. The van der Waals surface area contributed by atoms with Crippen LogP contribution in [0.5, 0.6) is 0 Å². The molecule has 2 rings (SSSR count). The van der Waals surface area contributed by atoms with Gasteiger partial charge >= 0.3 is 5.97 Å². The van der Waals surface area contributed by atoms with Crippen molar-refractivity contribution in [3.05, 3.63) is 34.5 Å². The van der Waals surface area contributed by atoms with Crippen molar-refractivity contribution < 1.29 is 14.3 Å². The van der Waals surface area contributed by atoms with Gasteiger partial charge in [-0.25, -0.2) is 9.18 Å². The van der Waals surface area contributed by atoms with Crippen molar-refractivity contribution in [2.45, 2.75) is 6.92 Å². The summed E-state index contributed by atoms with van der Waals surface area (Å²) in [6, 6.07) is 5.24. The molecule has 0 atom stereocenters. The molecule has 0 aliphatic rings. The number of halogens is 1. The van der Waals surface area contributed by atoms with E-state index < -0.39 is 11.8 Å². The van der Waals surface area contributed by atoms with Crippen LogP contribution in [0.25, 0.3) is 10.1 Å². The van der Waals surface area contributed by atoms with Gasteiger partial charge in [-0.1, -0.05) is 11.6 Å². The molecule has 0 saturated carbocycles. The van der Waals surface area contributed by atoms with Gasteiger partial charge in [-0.05, 0) is 19.1 Å². The van der Waals surface area contributed by atoms with E-state index >= 15 is 0 Å². The second-order valence-electron chi connectivity index (χ2n) is 3.05. The number of hydrogen-bond donors (Lipinski definition) is 1. The van der Waals surface area contributed by atoms with Gasteiger partial charge in [0.05, 0.1) is 0 Å². The fourth-order valence-corrected chi connectivity index (χ4v) is 2.22. The molecule has 0 aliphatic heterocycles. The molecular formula is C10H7FO2S. The number of fused-ring (bicyclic) bond motifs is 1. The van der Waals surface area contributed by atoms with Crippen molar-refractivity contribution >= 4 is 27.4 Å². The largest absolute Gasteiger partial charge is 0.477 e. The number of carboxylic acid groups (broad SMARTS) is 1. The highest BCUT2D eigenvalue weighted by atomic mass is 32.1. The Bertz CT molecular complexity index is 516. The summed E-state index contributed by atoms with van der Waals surface area (Å²) in [4.78, 5) is 10.4. The lowest BCUT2D eigenvalue weighted by atomic mass is 10.2. The lowest BCUT2D eigenvalue weighted by Gasteiger charge is -1.91. The number of thiophene rings is 1. The third-order valence-electron chi connectivity index (χ3n) is 1.98. The summed E-state index contributed by atoms with van der Waals surface area (Å²) < 4.78 is 14.2. The van der Waals surface area contributed by atoms with Crippen LogP contribution in [-0.4, -0.2) is 11.1 Å². The Morgan fingerprint density at radius 3 is 2.86 bits per heavy atom. The molecule has 14 heavy (non-hydrogen) atoms. The molecule has 0 aliphatic carbocycles. The Hall–Kier alpha value is -1.42. The van der Waals surface area contributed by atoms with Gasteiger partial charge in [0.25, 0.3) is 0 Å². The number of aryl methyl sites for hydroxylation is 1. The lowest BCUT2D eigenvalue weighted by molar-refractivity contribution is 0.0698. The van der Waals surface area contributed by atoms with E-state index in [0.29, 0.717) is 10.1 Å². The summed E-state index contributed by atoms with van der Waals surface area (Å²) in [5, 5.41) is 9.10. The Morgan fingerprint density at radius 2 is 2.21 bits per heavy atom. The van der Waals surface area contributed by atoms with Gasteiger partial charge in [0.2, 0.25) is 0 Å². The van der Waals surface area contributed by atoms with Crippen molar-refractivity contribution in [1.29, 1.82) is 0 Å². The van der Waals surface area contributed by atoms with Gasteiger partial charge in [0, 0.05) is 10.1 Å². The highest BCUT2D eigenvalue weighted by Crippen LogP contribution is 2.30. The molecule has 2 aromatic rings. The molecule has 0 unspecified atom stereocenters. The minimum absolute atomic E-state index is 0.217. The zero-order valence-corrected chi connectivity index (χ0v) is 8.19. The predicted octanol–water partition coefficient (Wildman–Crippen LogP) is 3.05. The van der Waals surface area contributed by atoms with Gasteiger partial charge in [-0.3, -0.25) is 0 Å². The van der Waals surface area contributed by atoms with E-state index in [0.717, 1.165) is 16.9 Å². The summed E-state index contributed by atoms with van der Waals surface area (Å²) in [5.74, 6) is -1.83. The number of carboxylic acids is 1. The standard InChI is InChI=1S/C10H7FO2S/c1-5-2-3-7-6(4-5)8(11)9(14-7)10(12)13/h2-4H,1H3,(H,12,13). The van der Waals surface area contributed by atoms with E-state index in [1.807, 2.05) is 13.0 Å². The monoisotopic (exact) mass is 210 g/mol. The fraction of sp³-hybridized carbons (Fsp3) is 0.100. The first-order chi connectivity index (χ1) is 6.59. The molecule has 1 N–H and O–H groups in total. The van der Waals surface area contributed by atoms with Crippen molar-refractivity contribution in [1.82, 2.24) is 0 Å². The summed E-state index contributed by atoms with van der Waals surface area (Å²) in [6.45, 7) is 1.84. The van der Waals surface area contributed by atoms with Crippen LogP contribution in [0.2, 0.25) is 0 Å². The maximum Gasteiger partial charge on any atom is 0.348 e. The van der Waals surface area contributed by atoms with Crippen molar-refractivity contribution in [2.24, 2.45) is 0 Å². The molecule has 72 valence electrons. The van der Waals surface area contributed by atoms with Gasteiger partial charge in [0.1, 0.15) is 4.88 Å². The van der Waals surface area contributed by atoms with E-state index in [-0.39, 0.29) is 4.88 Å². The van der Waals surface area contributed by atoms with Crippen LogP contribution in [0.1, 0.15) is 15.2 Å². The molecule has 0 spiro atoms. The fourth-order valence-electron chi connectivity index (χ4n) is 1.32. The Morgan fingerprint density at radius 1 is 1.50 bits per heavy atom. The minimum atomic E-state index is -1.21. The number of benzene rings is 1. The molecule has 4 heteroatoms. The Labute approximate surface area is 83.6 Å². The highest BCUT2D eigenvalue weighted by Gasteiger charge is 2.17. The third-order valence-corrected chi connectivity index (χ3v) is 3.11. The smallest absolute Gasteiger partial charge is 0.348 e. The summed E-state index contributed by atoms with van der Waals surface area (Å²) in [7, 11) is 0. The SMILES string of the molecule is Cc1ccc2sc(C(=O)O)c(F)c2c1. The summed E-state index contributed by atoms with van der Waals surface area (Å²) >= 11 is 0.966. The molecule has 0 fully saturated rings. The highest BCUT2D eigenvalue weighted by molar-refractivity contribution is 7.20. The van der Waals surface area contributed by atoms with Crippen molar-refractivity contribution in [2.75, 3.05) is 0 Å². The van der Waals surface area contributed by atoms with Crippen LogP contribution >= 0.6 is 11.3 Å². The number of hydrogen-bond acceptors (Lipinski definition) is 2. The zero-order valence-electron chi connectivity index (χ0n) is 7.37. The van der Waals surface area contributed by atoms with Crippen LogP contribution in [0.4, 0.5) is 4.39 Å². The maximum atomic E-state index is 13.5. The molecule has 1 aromatic heterocycles. The minimum Gasteiger partial charge on any atom is -0.477 e. The van der Waals surface area contributed by atoms with Crippen LogP contribution in [0.15, 0.2) is 18.2 Å². The first-order valence-corrected chi connectivity index (χ1v) is 4.83. The van der Waals surface area contributed by atoms with Crippen LogP contribution in [-0.2, 0) is 0 Å². The van der Waals surface area contributed by atoms with E-state index in [1.165, 1.54) is 0 Å². The van der Waals surface area contributed by atoms with E-state index in [1.54, 1.807) is 12.1 Å². The summed E-state index contributed by atoms with van der Waals surface area (Å²) in [6.07, 6.45) is 0. The lowest BCUT2D eigenvalue weighted by Crippen LogP contribution is -1.94. The van der Waals surface area contributed by atoms with Crippen LogP contribution < -0.4 is 0 Å². The van der Waals surface area contributed by atoms with Crippen molar-refractivity contribution in [3.8, 4) is 0 Å². The molecule has 2 nitrogen and oxygen atoms in total. The molecule has 1 aromatic carbocycles. The molecule has 1 heterocycles. The van der Waals surface area contributed by atoms with E-state index in [2.05, 4.69) is 0 Å². The third kappa shape index (κ3) is 1.28. The first-order valence-electron chi connectivity index (χ1n) is 4.01. The Kier molecular flexibility index (Phi) is 2.00. The normalized spacial score (nSPS) is 10.7. The zero-order chi connectivity index (χ0) is 10.3. The molecule has 0 radical (unpaired) electrons. The van der Waals surface area contributed by atoms with Crippen LogP contribution in [0.3, 0.4) is 0 Å². The second-order valence-corrected chi connectivity index (χ2v) is 4.10. The van der Waals surface area contributed by atoms with Gasteiger partial charge in [-0.2, -0.15) is 0 Å². The topological polar surface area (TPSA) is 37.3 Å². The quantitative estimate of drug-likeness (QED) is 0.785. The molecule has 0 saturated heterocycles. The average Bonchev–Trinajstić information content (AvgIpc) is 2.44. The molecular weight excluding hydrogens is 203 g/mol. The average molecular weight is 210 g/mol. The van der Waals surface area contributed by atoms with Crippen LogP contribution in [0, 0.1) is 12.7 Å².